The van der Waals surface area contributed by atoms with Crippen molar-refractivity contribution in [1.29, 1.82) is 0 Å². The van der Waals surface area contributed by atoms with E-state index in [2.05, 4.69) is 6.58 Å². The molecule has 4 nitrogen and oxygen atoms in total. The maximum Gasteiger partial charge on any atom is 0.307 e. The first-order valence-corrected chi connectivity index (χ1v) is 5.67. The summed E-state index contributed by atoms with van der Waals surface area (Å²) >= 11 is 0. The number of ether oxygens (including phenoxy) is 2. The van der Waals surface area contributed by atoms with Crippen molar-refractivity contribution in [2.24, 2.45) is 5.92 Å². The van der Waals surface area contributed by atoms with Gasteiger partial charge in [0.05, 0.1) is 20.1 Å². The molecule has 1 N–H and O–H groups in total. The predicted octanol–water partition coefficient (Wildman–Crippen LogP) is 2.52. The minimum atomic E-state index is -0.845. The molecule has 0 aliphatic heterocycles. The second-order valence-electron chi connectivity index (χ2n) is 3.90. The van der Waals surface area contributed by atoms with Gasteiger partial charge in [-0.15, -0.1) is 6.58 Å². The van der Waals surface area contributed by atoms with Crippen LogP contribution in [0.2, 0.25) is 0 Å². The van der Waals surface area contributed by atoms with Crippen molar-refractivity contribution in [3.8, 4) is 11.5 Å². The molecule has 4 heteroatoms. The van der Waals surface area contributed by atoms with E-state index in [1.807, 2.05) is 6.07 Å². The average molecular weight is 250 g/mol. The van der Waals surface area contributed by atoms with Crippen molar-refractivity contribution in [3.05, 3.63) is 36.4 Å². The number of methoxy groups -OCH3 is 2. The van der Waals surface area contributed by atoms with Crippen molar-refractivity contribution in [3.63, 3.8) is 0 Å². The molecular formula is C14H18O4. The summed E-state index contributed by atoms with van der Waals surface area (Å²) in [5, 5.41) is 9.16. The zero-order valence-corrected chi connectivity index (χ0v) is 10.7. The van der Waals surface area contributed by atoms with Gasteiger partial charge >= 0.3 is 5.97 Å². The minimum Gasteiger partial charge on any atom is -0.496 e. The van der Waals surface area contributed by atoms with Gasteiger partial charge in [-0.2, -0.15) is 0 Å². The fourth-order valence-corrected chi connectivity index (χ4v) is 1.85. The van der Waals surface area contributed by atoms with Gasteiger partial charge in [-0.05, 0) is 25.0 Å². The number of carbonyl (C=O) groups is 1. The second kappa shape index (κ2) is 6.69. The van der Waals surface area contributed by atoms with Gasteiger partial charge in [-0.1, -0.05) is 12.1 Å². The average Bonchev–Trinajstić information content (AvgIpc) is 2.38. The lowest BCUT2D eigenvalue weighted by atomic mass is 9.95. The second-order valence-corrected chi connectivity index (χ2v) is 3.90. The summed E-state index contributed by atoms with van der Waals surface area (Å²) in [7, 11) is 3.11. The molecule has 0 unspecified atom stereocenters. The summed E-state index contributed by atoms with van der Waals surface area (Å²) in [6.45, 7) is 3.58. The Morgan fingerprint density at radius 3 is 2.33 bits per heavy atom. The Morgan fingerprint density at radius 2 is 1.94 bits per heavy atom. The van der Waals surface area contributed by atoms with Crippen molar-refractivity contribution < 1.29 is 19.4 Å². The predicted molar refractivity (Wildman–Crippen MR) is 69.2 cm³/mol. The molecule has 0 aliphatic rings. The highest BCUT2D eigenvalue weighted by atomic mass is 16.5. The van der Waals surface area contributed by atoms with E-state index in [9.17, 15) is 4.79 Å². The van der Waals surface area contributed by atoms with E-state index in [1.54, 1.807) is 32.4 Å². The normalized spacial score (nSPS) is 11.7. The Bertz CT molecular complexity index is 404. The Morgan fingerprint density at radius 1 is 1.39 bits per heavy atom. The Labute approximate surface area is 107 Å². The number of benzene rings is 1. The van der Waals surface area contributed by atoms with Gasteiger partial charge in [0, 0.05) is 5.56 Å². The highest BCUT2D eigenvalue weighted by molar-refractivity contribution is 5.71. The van der Waals surface area contributed by atoms with Crippen molar-refractivity contribution in [1.82, 2.24) is 0 Å². The van der Waals surface area contributed by atoms with Crippen molar-refractivity contribution in [2.45, 2.75) is 12.8 Å². The third kappa shape index (κ3) is 3.26. The molecule has 18 heavy (non-hydrogen) atoms. The molecule has 0 saturated carbocycles. The lowest BCUT2D eigenvalue weighted by Crippen LogP contribution is -2.16. The van der Waals surface area contributed by atoms with E-state index in [0.29, 0.717) is 24.3 Å². The van der Waals surface area contributed by atoms with Crippen LogP contribution in [0, 0.1) is 5.92 Å². The summed E-state index contributed by atoms with van der Waals surface area (Å²) in [6, 6.07) is 5.40. The number of rotatable bonds is 7. The summed E-state index contributed by atoms with van der Waals surface area (Å²) in [4.78, 5) is 11.2. The third-order valence-electron chi connectivity index (χ3n) is 2.78. The van der Waals surface area contributed by atoms with Crippen LogP contribution in [0.1, 0.15) is 12.0 Å². The van der Waals surface area contributed by atoms with Gasteiger partial charge in [-0.3, -0.25) is 4.79 Å². The lowest BCUT2D eigenvalue weighted by molar-refractivity contribution is -0.141. The van der Waals surface area contributed by atoms with E-state index < -0.39 is 11.9 Å². The molecule has 0 fully saturated rings. The van der Waals surface area contributed by atoms with E-state index in [4.69, 9.17) is 14.6 Å². The zero-order chi connectivity index (χ0) is 13.5. The van der Waals surface area contributed by atoms with Crippen LogP contribution in [0.4, 0.5) is 0 Å². The van der Waals surface area contributed by atoms with Crippen LogP contribution in [0.25, 0.3) is 0 Å². The zero-order valence-electron chi connectivity index (χ0n) is 10.7. The number of carboxylic acids is 1. The first-order chi connectivity index (χ1) is 8.63. The molecule has 1 atom stereocenters. The first kappa shape index (κ1) is 14.1. The molecule has 0 aliphatic carbocycles. The summed E-state index contributed by atoms with van der Waals surface area (Å²) < 4.78 is 10.5. The van der Waals surface area contributed by atoms with Crippen LogP contribution in [0.5, 0.6) is 11.5 Å². The Balaban J connectivity index is 3.06. The fourth-order valence-electron chi connectivity index (χ4n) is 1.85. The highest BCUT2D eigenvalue weighted by Gasteiger charge is 2.21. The number of allylic oxidation sites excluding steroid dienone is 1. The van der Waals surface area contributed by atoms with Crippen molar-refractivity contribution in [2.75, 3.05) is 14.2 Å². The topological polar surface area (TPSA) is 55.8 Å². The van der Waals surface area contributed by atoms with Crippen LogP contribution in [0.15, 0.2) is 30.9 Å². The van der Waals surface area contributed by atoms with Crippen LogP contribution < -0.4 is 9.47 Å². The van der Waals surface area contributed by atoms with Gasteiger partial charge in [-0.25, -0.2) is 0 Å². The number of hydrogen-bond donors (Lipinski definition) is 1. The van der Waals surface area contributed by atoms with Gasteiger partial charge in [0.1, 0.15) is 11.5 Å². The van der Waals surface area contributed by atoms with E-state index in [1.165, 1.54) is 0 Å². The fraction of sp³-hybridized carbons (Fsp3) is 0.357. The Kier molecular flexibility index (Phi) is 5.24. The summed E-state index contributed by atoms with van der Waals surface area (Å²) in [5.74, 6) is -0.0788. The minimum absolute atomic E-state index is 0.356. The van der Waals surface area contributed by atoms with E-state index in [-0.39, 0.29) is 0 Å². The molecule has 1 aromatic carbocycles. The smallest absolute Gasteiger partial charge is 0.307 e. The number of carboxylic acid groups (broad SMARTS) is 1. The third-order valence-corrected chi connectivity index (χ3v) is 2.78. The largest absolute Gasteiger partial charge is 0.496 e. The van der Waals surface area contributed by atoms with Crippen LogP contribution in [0.3, 0.4) is 0 Å². The number of aliphatic carboxylic acids is 1. The highest BCUT2D eigenvalue weighted by Crippen LogP contribution is 2.31. The Hall–Kier alpha value is -1.97. The van der Waals surface area contributed by atoms with Crippen LogP contribution >= 0.6 is 0 Å². The molecular weight excluding hydrogens is 232 g/mol. The van der Waals surface area contributed by atoms with Crippen molar-refractivity contribution >= 4 is 5.97 Å². The number of hydrogen-bond acceptors (Lipinski definition) is 3. The molecule has 1 aromatic rings. The SMILES string of the molecule is C=CC[C@H](Cc1c(OC)cccc1OC)C(=O)O. The summed E-state index contributed by atoms with van der Waals surface area (Å²) in [5.41, 5.74) is 0.775. The van der Waals surface area contributed by atoms with E-state index in [0.717, 1.165) is 5.56 Å². The summed E-state index contributed by atoms with van der Waals surface area (Å²) in [6.07, 6.45) is 2.38. The molecule has 0 heterocycles. The molecule has 0 saturated heterocycles. The first-order valence-electron chi connectivity index (χ1n) is 5.67. The van der Waals surface area contributed by atoms with Gasteiger partial charge in [0.25, 0.3) is 0 Å². The van der Waals surface area contributed by atoms with Gasteiger partial charge in [0.15, 0.2) is 0 Å². The molecule has 0 spiro atoms. The quantitative estimate of drug-likeness (QED) is 0.755. The van der Waals surface area contributed by atoms with Crippen LogP contribution in [-0.4, -0.2) is 25.3 Å². The molecule has 0 radical (unpaired) electrons. The van der Waals surface area contributed by atoms with Gasteiger partial charge in [0.2, 0.25) is 0 Å². The van der Waals surface area contributed by atoms with Gasteiger partial charge < -0.3 is 14.6 Å². The van der Waals surface area contributed by atoms with Crippen LogP contribution in [-0.2, 0) is 11.2 Å². The molecule has 98 valence electrons. The molecule has 0 aromatic heterocycles. The maximum absolute atomic E-state index is 11.2. The molecule has 0 bridgehead atoms. The maximum atomic E-state index is 11.2. The lowest BCUT2D eigenvalue weighted by Gasteiger charge is -2.16. The van der Waals surface area contributed by atoms with E-state index >= 15 is 0 Å². The molecule has 0 amide bonds. The monoisotopic (exact) mass is 250 g/mol. The molecule has 1 rings (SSSR count). The standard InChI is InChI=1S/C14H18O4/c1-4-6-10(14(15)16)9-11-12(17-2)7-5-8-13(11)18-3/h4-5,7-8,10H,1,6,9H2,2-3H3,(H,15,16)/t10-/m1/s1.